The molecule has 0 amide bonds. The summed E-state index contributed by atoms with van der Waals surface area (Å²) in [5.41, 5.74) is 12.9. The van der Waals surface area contributed by atoms with Crippen LogP contribution in [0.5, 0.6) is 0 Å². The maximum Gasteiger partial charge on any atom is 0.159 e. The van der Waals surface area contributed by atoms with E-state index in [2.05, 4.69) is 222 Å². The predicted octanol–water partition coefficient (Wildman–Crippen LogP) is 15.8. The lowest BCUT2D eigenvalue weighted by atomic mass is 9.94. The monoisotopic (exact) mass is 752 g/mol. The van der Waals surface area contributed by atoms with Gasteiger partial charge in [0.2, 0.25) is 0 Å². The summed E-state index contributed by atoms with van der Waals surface area (Å²) in [6.45, 7) is 0. The number of nitrogens with zero attached hydrogens (tertiary/aromatic N) is 2. The number of hydrogen-bond donors (Lipinski definition) is 0. The maximum absolute atomic E-state index is 6.80. The fourth-order valence-electron chi connectivity index (χ4n) is 9.35. The molecule has 0 unspecified atom stereocenters. The molecule has 0 aliphatic carbocycles. The minimum atomic E-state index is 0.850. The molecule has 0 saturated heterocycles. The quantitative estimate of drug-likeness (QED) is 0.169. The van der Waals surface area contributed by atoms with E-state index in [0.717, 1.165) is 61.4 Å². The van der Waals surface area contributed by atoms with Crippen molar-refractivity contribution in [3.63, 3.8) is 0 Å². The molecule has 3 nitrogen and oxygen atoms in total. The molecule has 0 fully saturated rings. The molecular weight excluding hydrogens is 717 g/mol. The van der Waals surface area contributed by atoms with Gasteiger partial charge < -0.3 is 13.9 Å². The van der Waals surface area contributed by atoms with Gasteiger partial charge in [-0.3, -0.25) is 0 Å². The fourth-order valence-corrected chi connectivity index (χ4v) is 9.35. The summed E-state index contributed by atoms with van der Waals surface area (Å²) in [7, 11) is 0. The lowest BCUT2D eigenvalue weighted by molar-refractivity contribution is 0.669. The summed E-state index contributed by atoms with van der Waals surface area (Å²) in [6.07, 6.45) is 0. The number of benzene rings is 10. The number of furan rings is 1. The van der Waals surface area contributed by atoms with E-state index in [4.69, 9.17) is 4.42 Å². The van der Waals surface area contributed by atoms with E-state index in [1.54, 1.807) is 0 Å². The van der Waals surface area contributed by atoms with Crippen molar-refractivity contribution in [1.82, 2.24) is 4.57 Å². The van der Waals surface area contributed by atoms with Crippen LogP contribution in [0.1, 0.15) is 0 Å². The molecule has 0 saturated carbocycles. The van der Waals surface area contributed by atoms with Gasteiger partial charge in [-0.2, -0.15) is 0 Å². The van der Waals surface area contributed by atoms with Gasteiger partial charge in [-0.05, 0) is 92.8 Å². The van der Waals surface area contributed by atoms with Gasteiger partial charge in [-0.25, -0.2) is 0 Å². The van der Waals surface area contributed by atoms with E-state index in [0.29, 0.717) is 0 Å². The van der Waals surface area contributed by atoms with Crippen LogP contribution >= 0.6 is 0 Å². The minimum Gasteiger partial charge on any atom is -0.454 e. The second-order valence-corrected chi connectivity index (χ2v) is 15.3. The van der Waals surface area contributed by atoms with E-state index >= 15 is 0 Å². The van der Waals surface area contributed by atoms with Crippen LogP contribution in [0.2, 0.25) is 0 Å². The van der Waals surface area contributed by atoms with Crippen LogP contribution < -0.4 is 4.90 Å². The standard InChI is InChI=1S/C56H36N2O/c1-3-21-42-37(16-1)18-14-27-43(42)39-19-13-20-40(34-39)57(54-32-15-28-49-48-26-8-12-33-55(48)59-56(49)54)53-31-11-7-25-47(53)50-36-41(35-38-17-2-4-22-44(38)50)58-51-29-9-5-23-45(51)46-24-6-10-30-52(46)58/h1-36H. The summed E-state index contributed by atoms with van der Waals surface area (Å²) in [5, 5.41) is 9.50. The average Bonchev–Trinajstić information content (AvgIpc) is 3.85. The highest BCUT2D eigenvalue weighted by molar-refractivity contribution is 6.13. The van der Waals surface area contributed by atoms with Crippen LogP contribution in [0.25, 0.3) is 93.2 Å². The van der Waals surface area contributed by atoms with Gasteiger partial charge >= 0.3 is 0 Å². The smallest absolute Gasteiger partial charge is 0.159 e. The molecule has 0 bridgehead atoms. The summed E-state index contributed by atoms with van der Waals surface area (Å²) < 4.78 is 9.22. The minimum absolute atomic E-state index is 0.850. The molecule has 0 aliphatic heterocycles. The lowest BCUT2D eigenvalue weighted by Gasteiger charge is -2.29. The average molecular weight is 753 g/mol. The number of fused-ring (bicyclic) bond motifs is 8. The number of para-hydroxylation sites is 5. The van der Waals surface area contributed by atoms with E-state index in [9.17, 15) is 0 Å². The molecule has 12 aromatic rings. The van der Waals surface area contributed by atoms with Crippen molar-refractivity contribution in [1.29, 1.82) is 0 Å². The lowest BCUT2D eigenvalue weighted by Crippen LogP contribution is -2.12. The topological polar surface area (TPSA) is 21.3 Å². The number of anilines is 3. The molecule has 0 aliphatic rings. The second kappa shape index (κ2) is 13.4. The van der Waals surface area contributed by atoms with Crippen LogP contribution in [0, 0.1) is 0 Å². The Morgan fingerprint density at radius 3 is 1.73 bits per heavy atom. The zero-order valence-electron chi connectivity index (χ0n) is 32.1. The highest BCUT2D eigenvalue weighted by Crippen LogP contribution is 2.48. The van der Waals surface area contributed by atoms with Gasteiger partial charge in [0.15, 0.2) is 5.58 Å². The largest absolute Gasteiger partial charge is 0.454 e. The number of aromatic nitrogens is 1. The van der Waals surface area contributed by atoms with Gasteiger partial charge in [0.1, 0.15) is 5.58 Å². The third-order valence-corrected chi connectivity index (χ3v) is 11.9. The normalized spacial score (nSPS) is 11.7. The summed E-state index contributed by atoms with van der Waals surface area (Å²) in [4.78, 5) is 2.40. The Morgan fingerprint density at radius 2 is 0.915 bits per heavy atom. The van der Waals surface area contributed by atoms with Crippen molar-refractivity contribution in [2.24, 2.45) is 0 Å². The molecule has 59 heavy (non-hydrogen) atoms. The Labute approximate surface area is 341 Å². The van der Waals surface area contributed by atoms with Gasteiger partial charge in [0, 0.05) is 38.5 Å². The highest BCUT2D eigenvalue weighted by atomic mass is 16.3. The van der Waals surface area contributed by atoms with Crippen molar-refractivity contribution in [2.45, 2.75) is 0 Å². The van der Waals surface area contributed by atoms with Gasteiger partial charge in [-0.1, -0.05) is 164 Å². The van der Waals surface area contributed by atoms with E-state index in [1.165, 1.54) is 48.9 Å². The van der Waals surface area contributed by atoms with Crippen molar-refractivity contribution < 1.29 is 4.42 Å². The Hall–Kier alpha value is -7.88. The predicted molar refractivity (Wildman–Crippen MR) is 249 cm³/mol. The first-order chi connectivity index (χ1) is 29.3. The molecule has 0 spiro atoms. The molecule has 2 aromatic heterocycles. The molecular formula is C56H36N2O. The zero-order chi connectivity index (χ0) is 38.9. The molecule has 10 aromatic carbocycles. The third kappa shape index (κ3) is 5.29. The van der Waals surface area contributed by atoms with E-state index < -0.39 is 0 Å². The third-order valence-electron chi connectivity index (χ3n) is 11.9. The van der Waals surface area contributed by atoms with Crippen LogP contribution in [0.3, 0.4) is 0 Å². The van der Waals surface area contributed by atoms with E-state index in [1.807, 2.05) is 6.07 Å². The van der Waals surface area contributed by atoms with Crippen molar-refractivity contribution in [3.8, 4) is 27.9 Å². The van der Waals surface area contributed by atoms with Gasteiger partial charge in [0.25, 0.3) is 0 Å². The van der Waals surface area contributed by atoms with Crippen LogP contribution in [-0.2, 0) is 0 Å². The van der Waals surface area contributed by atoms with E-state index in [-0.39, 0.29) is 0 Å². The molecule has 0 atom stereocenters. The van der Waals surface area contributed by atoms with Crippen LogP contribution in [0.15, 0.2) is 223 Å². The second-order valence-electron chi connectivity index (χ2n) is 15.3. The first-order valence-corrected chi connectivity index (χ1v) is 20.2. The SMILES string of the molecule is c1cc(-c2cccc3ccccc23)cc(N(c2ccccc2-c2cc(-n3c4ccccc4c4ccccc43)cc3ccccc23)c2cccc3c2oc2ccccc23)c1. The maximum atomic E-state index is 6.80. The van der Waals surface area contributed by atoms with Crippen molar-refractivity contribution >= 4 is 82.4 Å². The number of rotatable bonds is 6. The molecule has 2 heterocycles. The van der Waals surface area contributed by atoms with Crippen LogP contribution in [0.4, 0.5) is 17.1 Å². The van der Waals surface area contributed by atoms with Gasteiger partial charge in [-0.15, -0.1) is 0 Å². The highest BCUT2D eigenvalue weighted by Gasteiger charge is 2.24. The zero-order valence-corrected chi connectivity index (χ0v) is 32.1. The van der Waals surface area contributed by atoms with Gasteiger partial charge in [0.05, 0.1) is 22.4 Å². The molecule has 0 radical (unpaired) electrons. The first-order valence-electron chi connectivity index (χ1n) is 20.2. The van der Waals surface area contributed by atoms with Crippen LogP contribution in [-0.4, -0.2) is 4.57 Å². The summed E-state index contributed by atoms with van der Waals surface area (Å²) >= 11 is 0. The Kier molecular flexibility index (Phi) is 7.54. The summed E-state index contributed by atoms with van der Waals surface area (Å²) in [5.74, 6) is 0. The summed E-state index contributed by atoms with van der Waals surface area (Å²) in [6, 6.07) is 78.8. The molecule has 3 heteroatoms. The Balaban J connectivity index is 1.14. The molecule has 0 N–H and O–H groups in total. The van der Waals surface area contributed by atoms with Crippen molar-refractivity contribution in [3.05, 3.63) is 218 Å². The Bertz CT molecular complexity index is 3530. The molecule has 276 valence electrons. The fraction of sp³-hybridized carbons (Fsp3) is 0. The first kappa shape index (κ1) is 33.3. The Morgan fingerprint density at radius 1 is 0.356 bits per heavy atom. The number of hydrogen-bond acceptors (Lipinski definition) is 2. The van der Waals surface area contributed by atoms with Crippen molar-refractivity contribution in [2.75, 3.05) is 4.90 Å². The molecule has 12 rings (SSSR count).